The van der Waals surface area contributed by atoms with Crippen LogP contribution in [0.4, 0.5) is 11.5 Å². The zero-order valence-corrected chi connectivity index (χ0v) is 14.7. The Hall–Kier alpha value is -2.96. The highest BCUT2D eigenvalue weighted by molar-refractivity contribution is 6.03. The van der Waals surface area contributed by atoms with E-state index in [4.69, 9.17) is 0 Å². The Morgan fingerprint density at radius 2 is 2.04 bits per heavy atom. The number of benzene rings is 1. The second kappa shape index (κ2) is 8.77. The number of carbonyl (C=O) groups excluding carboxylic acids is 2. The van der Waals surface area contributed by atoms with Crippen LogP contribution in [0.1, 0.15) is 40.6 Å². The zero-order chi connectivity index (χ0) is 18.2. The van der Waals surface area contributed by atoms with Gasteiger partial charge in [-0.3, -0.25) is 4.79 Å². The van der Waals surface area contributed by atoms with Crippen molar-refractivity contribution in [2.75, 3.05) is 30.9 Å². The van der Waals surface area contributed by atoms with Gasteiger partial charge in [0.15, 0.2) is 0 Å². The molecule has 1 heterocycles. The predicted molar refractivity (Wildman–Crippen MR) is 95.9 cm³/mol. The topological polar surface area (TPSA) is 84.4 Å². The number of nitrogens with one attached hydrogen (secondary N) is 1. The van der Waals surface area contributed by atoms with Gasteiger partial charge in [-0.1, -0.05) is 19.4 Å². The largest absolute Gasteiger partial charge is 0.465 e. The van der Waals surface area contributed by atoms with Crippen LogP contribution < -0.4 is 10.2 Å². The van der Waals surface area contributed by atoms with Crippen LogP contribution >= 0.6 is 0 Å². The fraction of sp³-hybridized carbons (Fsp3) is 0.333. The maximum Gasteiger partial charge on any atom is 0.337 e. The van der Waals surface area contributed by atoms with E-state index in [1.165, 1.54) is 13.4 Å². The summed E-state index contributed by atoms with van der Waals surface area (Å²) in [5, 5.41) is 2.73. The third-order valence-corrected chi connectivity index (χ3v) is 3.66. The minimum absolute atomic E-state index is 0.261. The second-order valence-electron chi connectivity index (χ2n) is 5.56. The summed E-state index contributed by atoms with van der Waals surface area (Å²) >= 11 is 0. The first-order chi connectivity index (χ1) is 12.0. The molecule has 0 aliphatic carbocycles. The fourth-order valence-corrected chi connectivity index (χ4v) is 2.23. The first-order valence-corrected chi connectivity index (χ1v) is 8.08. The number of anilines is 2. The van der Waals surface area contributed by atoms with Crippen LogP contribution in [0.25, 0.3) is 0 Å². The van der Waals surface area contributed by atoms with Crippen molar-refractivity contribution < 1.29 is 14.3 Å². The van der Waals surface area contributed by atoms with Crippen LogP contribution in [0.5, 0.6) is 0 Å². The molecule has 0 aliphatic rings. The number of rotatable bonds is 7. The lowest BCUT2D eigenvalue weighted by molar-refractivity contribution is 0.0600. The van der Waals surface area contributed by atoms with Gasteiger partial charge in [-0.05, 0) is 24.6 Å². The standard InChI is InChI=1S/C18H22N4O3/c1-4-5-9-22(2)16-11-15(19-12-20-16)17(23)21-14-8-6-7-13(10-14)18(24)25-3/h6-8,10-12H,4-5,9H2,1-3H3,(H,21,23). The van der Waals surface area contributed by atoms with Gasteiger partial charge >= 0.3 is 5.97 Å². The summed E-state index contributed by atoms with van der Waals surface area (Å²) in [5.41, 5.74) is 1.12. The van der Waals surface area contributed by atoms with Crippen LogP contribution in [0.15, 0.2) is 36.7 Å². The van der Waals surface area contributed by atoms with Gasteiger partial charge in [0.25, 0.3) is 5.91 Å². The smallest absolute Gasteiger partial charge is 0.337 e. The van der Waals surface area contributed by atoms with Crippen molar-refractivity contribution in [1.29, 1.82) is 0 Å². The third kappa shape index (κ3) is 5.00. The van der Waals surface area contributed by atoms with E-state index in [1.807, 2.05) is 11.9 Å². The molecule has 2 aromatic rings. The van der Waals surface area contributed by atoms with Crippen LogP contribution in [0, 0.1) is 0 Å². The van der Waals surface area contributed by atoms with E-state index in [2.05, 4.69) is 26.9 Å². The number of esters is 1. The Balaban J connectivity index is 2.12. The molecular formula is C18H22N4O3. The molecule has 0 spiro atoms. The SMILES string of the molecule is CCCCN(C)c1cc(C(=O)Nc2cccc(C(=O)OC)c2)ncn1. The molecule has 0 bridgehead atoms. The van der Waals surface area contributed by atoms with Gasteiger partial charge in [0, 0.05) is 25.3 Å². The Bertz CT molecular complexity index is 749. The van der Waals surface area contributed by atoms with Gasteiger partial charge in [0.05, 0.1) is 12.7 Å². The summed E-state index contributed by atoms with van der Waals surface area (Å²) in [6.45, 7) is 2.98. The summed E-state index contributed by atoms with van der Waals surface area (Å²) in [7, 11) is 3.24. The Morgan fingerprint density at radius 1 is 1.24 bits per heavy atom. The zero-order valence-electron chi connectivity index (χ0n) is 14.7. The average molecular weight is 342 g/mol. The molecule has 0 aliphatic heterocycles. The molecule has 1 N–H and O–H groups in total. The molecule has 0 atom stereocenters. The van der Waals surface area contributed by atoms with Gasteiger partial charge in [-0.15, -0.1) is 0 Å². The average Bonchev–Trinajstić information content (AvgIpc) is 2.65. The van der Waals surface area contributed by atoms with Crippen LogP contribution in [-0.4, -0.2) is 42.5 Å². The summed E-state index contributed by atoms with van der Waals surface area (Å²) in [4.78, 5) is 34.2. The maximum atomic E-state index is 12.4. The van der Waals surface area contributed by atoms with Crippen LogP contribution in [-0.2, 0) is 4.74 Å². The second-order valence-corrected chi connectivity index (χ2v) is 5.56. The number of hydrogen-bond acceptors (Lipinski definition) is 6. The van der Waals surface area contributed by atoms with Crippen molar-refractivity contribution in [3.05, 3.63) is 47.9 Å². The molecule has 0 radical (unpaired) electrons. The van der Waals surface area contributed by atoms with Gasteiger partial charge in [0.1, 0.15) is 17.8 Å². The van der Waals surface area contributed by atoms with Crippen LogP contribution in [0.3, 0.4) is 0 Å². The van der Waals surface area contributed by atoms with Gasteiger partial charge in [-0.2, -0.15) is 0 Å². The number of ether oxygens (including phenoxy) is 1. The molecule has 0 saturated carbocycles. The van der Waals surface area contributed by atoms with Crippen molar-refractivity contribution in [2.24, 2.45) is 0 Å². The molecule has 1 aromatic heterocycles. The Morgan fingerprint density at radius 3 is 2.76 bits per heavy atom. The van der Waals surface area contributed by atoms with Gasteiger partial charge in [-0.25, -0.2) is 14.8 Å². The quantitative estimate of drug-likeness (QED) is 0.779. The van der Waals surface area contributed by atoms with Gasteiger partial charge in [0.2, 0.25) is 0 Å². The predicted octanol–water partition coefficient (Wildman–Crippen LogP) is 2.75. The summed E-state index contributed by atoms with van der Waals surface area (Å²) in [5.74, 6) is -0.135. The van der Waals surface area contributed by atoms with E-state index in [-0.39, 0.29) is 11.6 Å². The Kier molecular flexibility index (Phi) is 6.45. The van der Waals surface area contributed by atoms with Crippen molar-refractivity contribution >= 4 is 23.4 Å². The highest BCUT2D eigenvalue weighted by atomic mass is 16.5. The lowest BCUT2D eigenvalue weighted by Crippen LogP contribution is -2.21. The molecule has 25 heavy (non-hydrogen) atoms. The molecular weight excluding hydrogens is 320 g/mol. The lowest BCUT2D eigenvalue weighted by atomic mass is 10.2. The van der Waals surface area contributed by atoms with E-state index in [1.54, 1.807) is 30.3 Å². The number of carbonyl (C=O) groups is 2. The first-order valence-electron chi connectivity index (χ1n) is 8.08. The molecule has 0 unspecified atom stereocenters. The first kappa shape index (κ1) is 18.4. The number of methoxy groups -OCH3 is 1. The normalized spacial score (nSPS) is 10.2. The van der Waals surface area contributed by atoms with E-state index in [9.17, 15) is 9.59 Å². The van der Waals surface area contributed by atoms with E-state index in [0.717, 1.165) is 19.4 Å². The summed E-state index contributed by atoms with van der Waals surface area (Å²) < 4.78 is 4.68. The molecule has 7 heteroatoms. The summed E-state index contributed by atoms with van der Waals surface area (Å²) in [6.07, 6.45) is 3.50. The number of amides is 1. The molecule has 1 aromatic carbocycles. The van der Waals surface area contributed by atoms with Gasteiger partial charge < -0.3 is 15.0 Å². The minimum atomic E-state index is -0.460. The number of aromatic nitrogens is 2. The maximum absolute atomic E-state index is 12.4. The van der Waals surface area contributed by atoms with Crippen LogP contribution in [0.2, 0.25) is 0 Å². The molecule has 7 nitrogen and oxygen atoms in total. The Labute approximate surface area is 147 Å². The molecule has 1 amide bonds. The van der Waals surface area contributed by atoms with Crippen molar-refractivity contribution in [2.45, 2.75) is 19.8 Å². The monoisotopic (exact) mass is 342 g/mol. The molecule has 0 fully saturated rings. The fourth-order valence-electron chi connectivity index (χ4n) is 2.23. The number of hydrogen-bond donors (Lipinski definition) is 1. The highest BCUT2D eigenvalue weighted by Crippen LogP contribution is 2.14. The lowest BCUT2D eigenvalue weighted by Gasteiger charge is -2.17. The molecule has 0 saturated heterocycles. The van der Waals surface area contributed by atoms with Crippen molar-refractivity contribution in [1.82, 2.24) is 9.97 Å². The van der Waals surface area contributed by atoms with E-state index in [0.29, 0.717) is 17.1 Å². The van der Waals surface area contributed by atoms with E-state index < -0.39 is 5.97 Å². The van der Waals surface area contributed by atoms with Crippen molar-refractivity contribution in [3.8, 4) is 0 Å². The number of nitrogens with zero attached hydrogens (tertiary/aromatic N) is 3. The van der Waals surface area contributed by atoms with E-state index >= 15 is 0 Å². The van der Waals surface area contributed by atoms with Crippen molar-refractivity contribution in [3.63, 3.8) is 0 Å². The third-order valence-electron chi connectivity index (χ3n) is 3.66. The molecule has 2 rings (SSSR count). The number of unbranched alkanes of at least 4 members (excludes halogenated alkanes) is 1. The minimum Gasteiger partial charge on any atom is -0.465 e. The summed E-state index contributed by atoms with van der Waals surface area (Å²) in [6, 6.07) is 8.19. The molecule has 132 valence electrons. The highest BCUT2D eigenvalue weighted by Gasteiger charge is 2.12.